The highest BCUT2D eigenvalue weighted by atomic mass is 16.5. The summed E-state index contributed by atoms with van der Waals surface area (Å²) >= 11 is 0. The molecule has 1 aliphatic carbocycles. The SMILES string of the molecule is CC([NH2+]CCCCOCC1CCCCC1)C(O)c1ccc(OCc2ccccc2)cc1.O=C([O-])C(=O)O. The summed E-state index contributed by atoms with van der Waals surface area (Å²) in [7, 11) is 0. The summed E-state index contributed by atoms with van der Waals surface area (Å²) in [5, 5.41) is 29.2. The number of carbonyl (C=O) groups excluding carboxylic acids is 1. The Hall–Kier alpha value is -2.94. The van der Waals surface area contributed by atoms with E-state index in [0.717, 1.165) is 55.4 Å². The van der Waals surface area contributed by atoms with Crippen molar-refractivity contribution in [2.24, 2.45) is 5.92 Å². The summed E-state index contributed by atoms with van der Waals surface area (Å²) in [6.07, 6.45) is 8.60. The number of carboxylic acids is 2. The number of aliphatic hydroxyl groups excluding tert-OH is 1. The van der Waals surface area contributed by atoms with Crippen molar-refractivity contribution < 1.29 is 39.7 Å². The molecule has 0 heterocycles. The van der Waals surface area contributed by atoms with Crippen molar-refractivity contribution >= 4 is 11.9 Å². The van der Waals surface area contributed by atoms with E-state index in [0.29, 0.717) is 6.61 Å². The summed E-state index contributed by atoms with van der Waals surface area (Å²) in [4.78, 5) is 18.0. The summed E-state index contributed by atoms with van der Waals surface area (Å²) in [6.45, 7) is 5.47. The fraction of sp³-hybridized carbons (Fsp3) is 0.517. The molecule has 2 aromatic carbocycles. The topological polar surface area (TPSA) is 133 Å². The lowest BCUT2D eigenvalue weighted by atomic mass is 9.90. The monoisotopic (exact) mass is 515 g/mol. The van der Waals surface area contributed by atoms with Gasteiger partial charge in [0, 0.05) is 13.2 Å². The van der Waals surface area contributed by atoms with Gasteiger partial charge in [0.05, 0.1) is 6.54 Å². The number of carboxylic acid groups (broad SMARTS) is 2. The Labute approximate surface area is 219 Å². The number of hydrogen-bond acceptors (Lipinski definition) is 6. The van der Waals surface area contributed by atoms with Crippen LogP contribution in [-0.4, -0.2) is 48.0 Å². The van der Waals surface area contributed by atoms with E-state index in [2.05, 4.69) is 24.4 Å². The van der Waals surface area contributed by atoms with Crippen molar-refractivity contribution in [3.05, 3.63) is 65.7 Å². The molecule has 204 valence electrons. The average molecular weight is 516 g/mol. The Morgan fingerprint density at radius 2 is 1.68 bits per heavy atom. The van der Waals surface area contributed by atoms with Crippen LogP contribution >= 0.6 is 0 Å². The van der Waals surface area contributed by atoms with Crippen molar-refractivity contribution in [2.45, 2.75) is 70.6 Å². The van der Waals surface area contributed by atoms with Crippen molar-refractivity contribution in [2.75, 3.05) is 19.8 Å². The number of rotatable bonds is 13. The second kappa shape index (κ2) is 17.5. The quantitative estimate of drug-likeness (QED) is 0.276. The Bertz CT molecular complexity index is 886. The molecule has 0 bridgehead atoms. The maximum atomic E-state index is 10.7. The number of quaternary nitrogens is 1. The highest BCUT2D eigenvalue weighted by Crippen LogP contribution is 2.23. The second-order valence-electron chi connectivity index (χ2n) is 9.55. The molecule has 2 aromatic rings. The van der Waals surface area contributed by atoms with Crippen LogP contribution in [-0.2, 0) is 20.9 Å². The standard InChI is InChI=1S/C27H39NO3.C2H2O4/c1-22(28-18-8-9-19-30-20-23-10-4-2-5-11-23)27(29)25-14-16-26(17-15-25)31-21-24-12-6-3-7-13-24;3-1(4)2(5)6/h3,6-7,12-17,22-23,27-29H,2,4-5,8-11,18-21H2,1H3;(H,3,4)(H,5,6). The van der Waals surface area contributed by atoms with E-state index in [1.165, 1.54) is 32.1 Å². The van der Waals surface area contributed by atoms with Gasteiger partial charge in [0.1, 0.15) is 24.5 Å². The molecule has 1 saturated carbocycles. The molecule has 8 heteroatoms. The van der Waals surface area contributed by atoms with E-state index in [1.807, 2.05) is 42.5 Å². The second-order valence-corrected chi connectivity index (χ2v) is 9.55. The average Bonchev–Trinajstić information content (AvgIpc) is 2.92. The van der Waals surface area contributed by atoms with Crippen LogP contribution < -0.4 is 15.2 Å². The molecule has 8 nitrogen and oxygen atoms in total. The van der Waals surface area contributed by atoms with Gasteiger partial charge in [0.25, 0.3) is 0 Å². The molecule has 3 rings (SSSR count). The van der Waals surface area contributed by atoms with Crippen LogP contribution in [0.25, 0.3) is 0 Å². The molecule has 2 atom stereocenters. The van der Waals surface area contributed by atoms with Crippen LogP contribution in [0.3, 0.4) is 0 Å². The molecule has 1 aliphatic rings. The maximum absolute atomic E-state index is 10.7. The summed E-state index contributed by atoms with van der Waals surface area (Å²) in [5.74, 6) is -2.39. The van der Waals surface area contributed by atoms with Gasteiger partial charge in [-0.2, -0.15) is 0 Å². The van der Waals surface area contributed by atoms with E-state index in [-0.39, 0.29) is 6.04 Å². The first kappa shape index (κ1) is 30.3. The normalized spacial score (nSPS) is 15.2. The summed E-state index contributed by atoms with van der Waals surface area (Å²) in [6, 6.07) is 18.1. The molecule has 0 radical (unpaired) electrons. The van der Waals surface area contributed by atoms with E-state index >= 15 is 0 Å². The Morgan fingerprint density at radius 3 is 2.30 bits per heavy atom. The molecule has 0 aliphatic heterocycles. The van der Waals surface area contributed by atoms with Gasteiger partial charge in [0.15, 0.2) is 5.97 Å². The first-order valence-electron chi connectivity index (χ1n) is 13.2. The minimum Gasteiger partial charge on any atom is -0.539 e. The third-order valence-electron chi connectivity index (χ3n) is 6.50. The van der Waals surface area contributed by atoms with Crippen molar-refractivity contribution in [1.29, 1.82) is 0 Å². The van der Waals surface area contributed by atoms with Gasteiger partial charge in [0.2, 0.25) is 0 Å². The maximum Gasteiger partial charge on any atom is 0.351 e. The predicted molar refractivity (Wildman–Crippen MR) is 138 cm³/mol. The fourth-order valence-corrected chi connectivity index (χ4v) is 4.27. The number of unbranched alkanes of at least 4 members (excludes halogenated alkanes) is 1. The minimum absolute atomic E-state index is 0.124. The smallest absolute Gasteiger partial charge is 0.351 e. The third kappa shape index (κ3) is 12.7. The van der Waals surface area contributed by atoms with Gasteiger partial charge in [-0.15, -0.1) is 0 Å². The lowest BCUT2D eigenvalue weighted by Crippen LogP contribution is -2.90. The molecule has 0 amide bonds. The number of carbonyl (C=O) groups is 2. The van der Waals surface area contributed by atoms with Gasteiger partial charge in [-0.05, 0) is 61.8 Å². The zero-order valence-electron chi connectivity index (χ0n) is 21.7. The number of aliphatic hydroxyl groups is 1. The molecular weight excluding hydrogens is 474 g/mol. The lowest BCUT2D eigenvalue weighted by Gasteiger charge is -2.21. The van der Waals surface area contributed by atoms with Crippen molar-refractivity contribution in [3.63, 3.8) is 0 Å². The van der Waals surface area contributed by atoms with Crippen molar-refractivity contribution in [1.82, 2.24) is 0 Å². The van der Waals surface area contributed by atoms with Crippen LogP contribution in [0.4, 0.5) is 0 Å². The number of benzene rings is 2. The Morgan fingerprint density at radius 1 is 1.03 bits per heavy atom. The van der Waals surface area contributed by atoms with Gasteiger partial charge in [-0.1, -0.05) is 61.7 Å². The van der Waals surface area contributed by atoms with E-state index in [1.54, 1.807) is 0 Å². The zero-order chi connectivity index (χ0) is 26.9. The largest absolute Gasteiger partial charge is 0.539 e. The zero-order valence-corrected chi connectivity index (χ0v) is 21.7. The third-order valence-corrected chi connectivity index (χ3v) is 6.50. The predicted octanol–water partition coefficient (Wildman–Crippen LogP) is 2.45. The Balaban J connectivity index is 0.000000717. The van der Waals surface area contributed by atoms with Gasteiger partial charge < -0.3 is 34.9 Å². The van der Waals surface area contributed by atoms with Crippen LogP contribution in [0.2, 0.25) is 0 Å². The molecule has 0 aromatic heterocycles. The fourth-order valence-electron chi connectivity index (χ4n) is 4.27. The molecular formula is C29H41NO7. The van der Waals surface area contributed by atoms with Gasteiger partial charge >= 0.3 is 5.97 Å². The lowest BCUT2D eigenvalue weighted by molar-refractivity contribution is -0.694. The van der Waals surface area contributed by atoms with Gasteiger partial charge in [-0.3, -0.25) is 0 Å². The van der Waals surface area contributed by atoms with Crippen LogP contribution in [0.1, 0.15) is 69.1 Å². The molecule has 2 unspecified atom stereocenters. The molecule has 1 fully saturated rings. The summed E-state index contributed by atoms with van der Waals surface area (Å²) < 4.78 is 11.7. The first-order chi connectivity index (χ1) is 17.9. The number of aliphatic carboxylic acids is 2. The molecule has 37 heavy (non-hydrogen) atoms. The number of nitrogens with two attached hydrogens (primary N) is 1. The highest BCUT2D eigenvalue weighted by Gasteiger charge is 2.19. The number of ether oxygens (including phenoxy) is 2. The van der Waals surface area contributed by atoms with Crippen molar-refractivity contribution in [3.8, 4) is 5.75 Å². The number of hydrogen-bond donors (Lipinski definition) is 3. The van der Waals surface area contributed by atoms with Crippen LogP contribution in [0.5, 0.6) is 5.75 Å². The van der Waals surface area contributed by atoms with Crippen LogP contribution in [0.15, 0.2) is 54.6 Å². The first-order valence-corrected chi connectivity index (χ1v) is 13.2. The minimum atomic E-state index is -2.07. The highest BCUT2D eigenvalue weighted by molar-refractivity contribution is 6.26. The van der Waals surface area contributed by atoms with Gasteiger partial charge in [-0.25, -0.2) is 4.79 Å². The van der Waals surface area contributed by atoms with E-state index in [9.17, 15) is 5.11 Å². The molecule has 0 saturated heterocycles. The molecule has 4 N–H and O–H groups in total. The summed E-state index contributed by atoms with van der Waals surface area (Å²) in [5.41, 5.74) is 2.08. The molecule has 0 spiro atoms. The van der Waals surface area contributed by atoms with E-state index in [4.69, 9.17) is 29.3 Å². The van der Waals surface area contributed by atoms with Crippen LogP contribution in [0, 0.1) is 5.92 Å². The Kier molecular flexibility index (Phi) is 14.3. The van der Waals surface area contributed by atoms with E-state index < -0.39 is 18.0 Å².